The molecule has 6 heteroatoms. The topological polar surface area (TPSA) is 64.1 Å². The van der Waals surface area contributed by atoms with E-state index < -0.39 is 0 Å². The number of para-hydroxylation sites is 1. The van der Waals surface area contributed by atoms with Crippen molar-refractivity contribution >= 4 is 5.96 Å². The maximum Gasteiger partial charge on any atom is 0.191 e. The summed E-state index contributed by atoms with van der Waals surface area (Å²) in [5.74, 6) is 1.66. The summed E-state index contributed by atoms with van der Waals surface area (Å²) in [6.45, 7) is 6.18. The van der Waals surface area contributed by atoms with Crippen molar-refractivity contribution in [2.75, 3.05) is 47.1 Å². The maximum atomic E-state index is 5.69. The number of methoxy groups -OCH3 is 2. The summed E-state index contributed by atoms with van der Waals surface area (Å²) in [7, 11) is 3.37. The number of hydrogen-bond donors (Lipinski definition) is 2. The van der Waals surface area contributed by atoms with Crippen molar-refractivity contribution in [3.05, 3.63) is 29.8 Å². The van der Waals surface area contributed by atoms with E-state index in [2.05, 4.69) is 15.6 Å². The van der Waals surface area contributed by atoms with Gasteiger partial charge in [-0.15, -0.1) is 0 Å². The molecule has 0 spiro atoms. The minimum absolute atomic E-state index is 0.535. The average molecular weight is 323 g/mol. The van der Waals surface area contributed by atoms with Gasteiger partial charge in [-0.25, -0.2) is 0 Å². The highest BCUT2D eigenvalue weighted by molar-refractivity contribution is 5.79. The lowest BCUT2D eigenvalue weighted by Gasteiger charge is -2.12. The van der Waals surface area contributed by atoms with Gasteiger partial charge in [0.25, 0.3) is 0 Å². The Kier molecular flexibility index (Phi) is 10.7. The van der Waals surface area contributed by atoms with Crippen molar-refractivity contribution < 1.29 is 14.2 Å². The summed E-state index contributed by atoms with van der Waals surface area (Å²) in [5, 5.41) is 6.46. The summed E-state index contributed by atoms with van der Waals surface area (Å²) in [5.41, 5.74) is 1.05. The molecular weight excluding hydrogens is 294 g/mol. The molecule has 6 nitrogen and oxygen atoms in total. The number of guanidine groups is 1. The first-order chi connectivity index (χ1) is 11.3. The molecule has 0 atom stereocenters. The number of nitrogens with one attached hydrogen (secondary N) is 2. The molecule has 0 saturated carbocycles. The third-order valence-corrected chi connectivity index (χ3v) is 3.11. The Morgan fingerprint density at radius 1 is 1.13 bits per heavy atom. The normalized spacial score (nSPS) is 11.3. The van der Waals surface area contributed by atoms with Crippen molar-refractivity contribution in [2.45, 2.75) is 20.0 Å². The Bertz CT molecular complexity index is 452. The molecule has 0 aliphatic heterocycles. The third-order valence-electron chi connectivity index (χ3n) is 3.11. The third kappa shape index (κ3) is 8.42. The molecule has 1 aromatic rings. The molecule has 2 N–H and O–H groups in total. The highest BCUT2D eigenvalue weighted by Gasteiger charge is 2.01. The number of aliphatic imine (C=N–C) groups is 1. The molecule has 1 rings (SSSR count). The molecule has 23 heavy (non-hydrogen) atoms. The Morgan fingerprint density at radius 2 is 1.96 bits per heavy atom. The van der Waals surface area contributed by atoms with Crippen LogP contribution in [-0.4, -0.2) is 53.0 Å². The fourth-order valence-corrected chi connectivity index (χ4v) is 1.99. The second kappa shape index (κ2) is 12.7. The number of hydrogen-bond acceptors (Lipinski definition) is 4. The fourth-order valence-electron chi connectivity index (χ4n) is 1.99. The molecule has 0 bridgehead atoms. The molecule has 0 amide bonds. The van der Waals surface area contributed by atoms with E-state index in [0.717, 1.165) is 43.4 Å². The maximum absolute atomic E-state index is 5.69. The van der Waals surface area contributed by atoms with E-state index in [1.807, 2.05) is 31.2 Å². The summed E-state index contributed by atoms with van der Waals surface area (Å²) in [4.78, 5) is 4.47. The minimum Gasteiger partial charge on any atom is -0.496 e. The summed E-state index contributed by atoms with van der Waals surface area (Å²) >= 11 is 0. The lowest BCUT2D eigenvalue weighted by atomic mass is 10.2. The molecule has 0 aliphatic rings. The van der Waals surface area contributed by atoms with E-state index in [9.17, 15) is 0 Å². The van der Waals surface area contributed by atoms with Crippen LogP contribution in [0.1, 0.15) is 18.9 Å². The van der Waals surface area contributed by atoms with Crippen LogP contribution in [0.25, 0.3) is 0 Å². The van der Waals surface area contributed by atoms with Gasteiger partial charge in [0.05, 0.1) is 20.3 Å². The molecule has 0 fully saturated rings. The van der Waals surface area contributed by atoms with Gasteiger partial charge >= 0.3 is 0 Å². The van der Waals surface area contributed by atoms with Gasteiger partial charge in [-0.05, 0) is 19.4 Å². The monoisotopic (exact) mass is 323 g/mol. The van der Waals surface area contributed by atoms with Crippen molar-refractivity contribution in [2.24, 2.45) is 4.99 Å². The number of benzene rings is 1. The number of nitrogens with zero attached hydrogens (tertiary/aromatic N) is 1. The van der Waals surface area contributed by atoms with Crippen LogP contribution >= 0.6 is 0 Å². The van der Waals surface area contributed by atoms with Crippen molar-refractivity contribution in [1.29, 1.82) is 0 Å². The first-order valence-electron chi connectivity index (χ1n) is 8.02. The molecule has 0 heterocycles. The molecule has 0 radical (unpaired) electrons. The van der Waals surface area contributed by atoms with Gasteiger partial charge in [-0.2, -0.15) is 0 Å². The van der Waals surface area contributed by atoms with E-state index in [4.69, 9.17) is 14.2 Å². The van der Waals surface area contributed by atoms with Gasteiger partial charge in [0.2, 0.25) is 0 Å². The van der Waals surface area contributed by atoms with Gasteiger partial charge in [-0.1, -0.05) is 18.2 Å². The van der Waals surface area contributed by atoms with Crippen molar-refractivity contribution in [3.8, 4) is 5.75 Å². The minimum atomic E-state index is 0.535. The van der Waals surface area contributed by atoms with Crippen LogP contribution in [0.2, 0.25) is 0 Å². The molecule has 0 aliphatic carbocycles. The molecular formula is C17H29N3O3. The predicted molar refractivity (Wildman–Crippen MR) is 93.1 cm³/mol. The van der Waals surface area contributed by atoms with Gasteiger partial charge in [0.15, 0.2) is 5.96 Å². The Labute approximate surface area is 139 Å². The highest BCUT2D eigenvalue weighted by Crippen LogP contribution is 2.17. The zero-order chi connectivity index (χ0) is 16.8. The second-order valence-electron chi connectivity index (χ2n) is 4.90. The van der Waals surface area contributed by atoms with Crippen LogP contribution in [0.3, 0.4) is 0 Å². The van der Waals surface area contributed by atoms with Gasteiger partial charge < -0.3 is 24.8 Å². The number of ether oxygens (including phenoxy) is 3. The van der Waals surface area contributed by atoms with Crippen LogP contribution in [0.15, 0.2) is 29.3 Å². The summed E-state index contributed by atoms with van der Waals surface area (Å²) in [6, 6.07) is 7.88. The average Bonchev–Trinajstić information content (AvgIpc) is 2.58. The van der Waals surface area contributed by atoms with Crippen LogP contribution < -0.4 is 15.4 Å². The number of rotatable bonds is 11. The Balaban J connectivity index is 2.25. The van der Waals surface area contributed by atoms with E-state index in [-0.39, 0.29) is 0 Å². The first-order valence-corrected chi connectivity index (χ1v) is 8.02. The van der Waals surface area contributed by atoms with Crippen molar-refractivity contribution in [3.63, 3.8) is 0 Å². The second-order valence-corrected chi connectivity index (χ2v) is 4.90. The van der Waals surface area contributed by atoms with Crippen LogP contribution in [0.4, 0.5) is 0 Å². The zero-order valence-electron chi connectivity index (χ0n) is 14.4. The molecule has 1 aromatic carbocycles. The Morgan fingerprint density at radius 3 is 2.70 bits per heavy atom. The van der Waals surface area contributed by atoms with Gasteiger partial charge in [-0.3, -0.25) is 4.99 Å². The SMILES string of the molecule is CCNC(=NCCCOC)NCCOCc1ccccc1OC. The first kappa shape index (κ1) is 19.3. The molecule has 130 valence electrons. The molecule has 0 saturated heterocycles. The fraction of sp³-hybridized carbons (Fsp3) is 0.588. The van der Waals surface area contributed by atoms with Crippen LogP contribution in [0, 0.1) is 0 Å². The summed E-state index contributed by atoms with van der Waals surface area (Å²) in [6.07, 6.45) is 0.914. The van der Waals surface area contributed by atoms with E-state index in [1.165, 1.54) is 0 Å². The Hall–Kier alpha value is -1.79. The molecule has 0 aromatic heterocycles. The van der Waals surface area contributed by atoms with Crippen molar-refractivity contribution in [1.82, 2.24) is 10.6 Å². The quantitative estimate of drug-likeness (QED) is 0.369. The smallest absolute Gasteiger partial charge is 0.191 e. The van der Waals surface area contributed by atoms with Gasteiger partial charge in [0.1, 0.15) is 5.75 Å². The van der Waals surface area contributed by atoms with Crippen LogP contribution in [-0.2, 0) is 16.1 Å². The molecule has 0 unspecified atom stereocenters. The van der Waals surface area contributed by atoms with E-state index >= 15 is 0 Å². The standard InChI is InChI=1S/C17H29N3O3/c1-4-18-17(19-10-7-12-21-2)20-11-13-23-14-15-8-5-6-9-16(15)22-3/h5-6,8-9H,4,7,10-14H2,1-3H3,(H2,18,19,20). The highest BCUT2D eigenvalue weighted by atomic mass is 16.5. The van der Waals surface area contributed by atoms with E-state index in [0.29, 0.717) is 19.8 Å². The largest absolute Gasteiger partial charge is 0.496 e. The predicted octanol–water partition coefficient (Wildman–Crippen LogP) is 1.80. The zero-order valence-corrected chi connectivity index (χ0v) is 14.4. The lowest BCUT2D eigenvalue weighted by molar-refractivity contribution is 0.123. The summed E-state index contributed by atoms with van der Waals surface area (Å²) < 4.78 is 16.0. The lowest BCUT2D eigenvalue weighted by Crippen LogP contribution is -2.39. The van der Waals surface area contributed by atoms with Gasteiger partial charge in [0, 0.05) is 38.9 Å². The van der Waals surface area contributed by atoms with E-state index in [1.54, 1.807) is 14.2 Å². The van der Waals surface area contributed by atoms with Crippen LogP contribution in [0.5, 0.6) is 5.75 Å².